The minimum atomic E-state index is -1.32. The second-order valence-electron chi connectivity index (χ2n) is 1.71. The van der Waals surface area contributed by atoms with E-state index in [9.17, 15) is 4.39 Å². The molecule has 0 radical (unpaired) electrons. The fourth-order valence-electron chi connectivity index (χ4n) is 0.447. The van der Waals surface area contributed by atoms with Crippen LogP contribution < -0.4 is 5.32 Å². The van der Waals surface area contributed by atoms with Crippen LogP contribution in [-0.4, -0.2) is 18.8 Å². The van der Waals surface area contributed by atoms with Crippen molar-refractivity contribution in [1.29, 1.82) is 0 Å². The summed E-state index contributed by atoms with van der Waals surface area (Å²) in [5.74, 6) is 2.05. The summed E-state index contributed by atoms with van der Waals surface area (Å²) in [6, 6.07) is 0. The fraction of sp³-hybridized carbons (Fsp3) is 0.600. The maximum atomic E-state index is 12.3. The molecule has 1 aliphatic heterocycles. The molecule has 1 heterocycles. The lowest BCUT2D eigenvalue weighted by Gasteiger charge is -2.29. The largest absolute Gasteiger partial charge is 0.308 e. The molecule has 1 rings (SSSR count). The number of alkyl halides is 1. The third-order valence-electron chi connectivity index (χ3n) is 1.07. The van der Waals surface area contributed by atoms with Crippen molar-refractivity contribution in [3.63, 3.8) is 0 Å². The minimum Gasteiger partial charge on any atom is -0.308 e. The van der Waals surface area contributed by atoms with Crippen LogP contribution in [0.1, 0.15) is 0 Å². The van der Waals surface area contributed by atoms with E-state index in [2.05, 4.69) is 5.32 Å². The molecule has 0 aromatic heterocycles. The molecule has 1 saturated heterocycles. The molecule has 0 saturated carbocycles. The second-order valence-corrected chi connectivity index (χ2v) is 1.71. The topological polar surface area (TPSA) is 12.0 Å². The quantitative estimate of drug-likeness (QED) is 0.419. The molecule has 0 amide bonds. The standard InChI is InChI=1S/C5H6FN/c1-2-5(6)3-7-4-5/h1,7H,3-4H2. The lowest BCUT2D eigenvalue weighted by atomic mass is 10.0. The number of hydrogen-bond donors (Lipinski definition) is 1. The van der Waals surface area contributed by atoms with Crippen LogP contribution >= 0.6 is 0 Å². The average Bonchev–Trinajstić information content (AvgIpc) is 1.61. The van der Waals surface area contributed by atoms with Crippen molar-refractivity contribution >= 4 is 0 Å². The molecule has 0 aromatic carbocycles. The average molecular weight is 99.1 g/mol. The Balaban J connectivity index is 2.48. The monoisotopic (exact) mass is 99.0 g/mol. The van der Waals surface area contributed by atoms with E-state index in [4.69, 9.17) is 6.42 Å². The summed E-state index contributed by atoms with van der Waals surface area (Å²) in [6.45, 7) is 0.646. The molecular formula is C5H6FN. The molecule has 1 fully saturated rings. The van der Waals surface area contributed by atoms with Gasteiger partial charge in [0.25, 0.3) is 0 Å². The summed E-state index contributed by atoms with van der Waals surface area (Å²) in [5.41, 5.74) is -1.32. The Labute approximate surface area is 41.9 Å². The molecule has 7 heavy (non-hydrogen) atoms. The van der Waals surface area contributed by atoms with E-state index in [0.29, 0.717) is 13.1 Å². The van der Waals surface area contributed by atoms with E-state index in [0.717, 1.165) is 0 Å². The van der Waals surface area contributed by atoms with E-state index in [1.54, 1.807) is 0 Å². The highest BCUT2D eigenvalue weighted by Crippen LogP contribution is 2.13. The summed E-state index contributed by atoms with van der Waals surface area (Å²) in [7, 11) is 0. The number of nitrogens with one attached hydrogen (secondary N) is 1. The lowest BCUT2D eigenvalue weighted by molar-refractivity contribution is 0.159. The highest BCUT2D eigenvalue weighted by molar-refractivity contribution is 5.15. The Morgan fingerprint density at radius 3 is 2.29 bits per heavy atom. The van der Waals surface area contributed by atoms with Crippen LogP contribution in [0, 0.1) is 12.3 Å². The van der Waals surface area contributed by atoms with Gasteiger partial charge in [-0.3, -0.25) is 0 Å². The minimum absolute atomic E-state index is 0.323. The maximum Gasteiger partial charge on any atom is 0.195 e. The van der Waals surface area contributed by atoms with E-state index in [-0.39, 0.29) is 0 Å². The number of rotatable bonds is 0. The van der Waals surface area contributed by atoms with Crippen molar-refractivity contribution in [2.45, 2.75) is 5.67 Å². The molecule has 1 nitrogen and oxygen atoms in total. The van der Waals surface area contributed by atoms with Crippen LogP contribution in [-0.2, 0) is 0 Å². The van der Waals surface area contributed by atoms with Crippen molar-refractivity contribution < 1.29 is 4.39 Å². The molecule has 0 atom stereocenters. The van der Waals surface area contributed by atoms with Crippen molar-refractivity contribution in [2.24, 2.45) is 0 Å². The van der Waals surface area contributed by atoms with Gasteiger partial charge in [0.1, 0.15) is 0 Å². The van der Waals surface area contributed by atoms with Gasteiger partial charge in [-0.05, 0) is 0 Å². The van der Waals surface area contributed by atoms with Crippen molar-refractivity contribution in [1.82, 2.24) is 5.32 Å². The fourth-order valence-corrected chi connectivity index (χ4v) is 0.447. The van der Waals surface area contributed by atoms with Gasteiger partial charge in [-0.1, -0.05) is 5.92 Å². The van der Waals surface area contributed by atoms with Crippen LogP contribution in [0.5, 0.6) is 0 Å². The molecule has 1 N–H and O–H groups in total. The predicted octanol–water partition coefficient (Wildman–Crippen LogP) is -0.0689. The molecule has 0 bridgehead atoms. The zero-order valence-electron chi connectivity index (χ0n) is 3.87. The molecule has 0 spiro atoms. The van der Waals surface area contributed by atoms with Crippen LogP contribution in [0.3, 0.4) is 0 Å². The Morgan fingerprint density at radius 1 is 1.71 bits per heavy atom. The summed E-state index contributed by atoms with van der Waals surface area (Å²) in [5, 5.41) is 2.74. The highest BCUT2D eigenvalue weighted by Gasteiger charge is 2.34. The van der Waals surface area contributed by atoms with Gasteiger partial charge in [0.05, 0.1) is 0 Å². The van der Waals surface area contributed by atoms with E-state index < -0.39 is 5.67 Å². The van der Waals surface area contributed by atoms with Crippen LogP contribution in [0.4, 0.5) is 4.39 Å². The molecule has 38 valence electrons. The summed E-state index contributed by atoms with van der Waals surface area (Å²) >= 11 is 0. The Bertz CT molecular complexity index is 110. The van der Waals surface area contributed by atoms with Crippen LogP contribution in [0.15, 0.2) is 0 Å². The maximum absolute atomic E-state index is 12.3. The zero-order chi connectivity index (χ0) is 5.33. The predicted molar refractivity (Wildman–Crippen MR) is 25.5 cm³/mol. The highest BCUT2D eigenvalue weighted by atomic mass is 19.1. The van der Waals surface area contributed by atoms with E-state index in [1.807, 2.05) is 5.92 Å². The first kappa shape index (κ1) is 4.61. The van der Waals surface area contributed by atoms with Gasteiger partial charge in [0, 0.05) is 13.1 Å². The first-order valence-electron chi connectivity index (χ1n) is 2.14. The van der Waals surface area contributed by atoms with Crippen LogP contribution in [0.25, 0.3) is 0 Å². The lowest BCUT2D eigenvalue weighted by Crippen LogP contribution is -2.55. The summed E-state index contributed by atoms with van der Waals surface area (Å²) in [4.78, 5) is 0. The SMILES string of the molecule is C#CC1(F)CNC1. The van der Waals surface area contributed by atoms with Gasteiger partial charge < -0.3 is 5.32 Å². The molecule has 1 aliphatic rings. The van der Waals surface area contributed by atoms with Gasteiger partial charge in [0.2, 0.25) is 0 Å². The number of hydrogen-bond acceptors (Lipinski definition) is 1. The molecule has 0 unspecified atom stereocenters. The van der Waals surface area contributed by atoms with Gasteiger partial charge in [0.15, 0.2) is 5.67 Å². The molecular weight excluding hydrogens is 93.1 g/mol. The zero-order valence-corrected chi connectivity index (χ0v) is 3.87. The third kappa shape index (κ3) is 0.594. The third-order valence-corrected chi connectivity index (χ3v) is 1.07. The summed E-state index contributed by atoms with van der Waals surface area (Å²) < 4.78 is 12.3. The smallest absolute Gasteiger partial charge is 0.195 e. The van der Waals surface area contributed by atoms with Gasteiger partial charge in [-0.15, -0.1) is 6.42 Å². The second kappa shape index (κ2) is 1.21. The van der Waals surface area contributed by atoms with Gasteiger partial charge in [-0.25, -0.2) is 4.39 Å². The van der Waals surface area contributed by atoms with Gasteiger partial charge >= 0.3 is 0 Å². The van der Waals surface area contributed by atoms with Crippen molar-refractivity contribution in [3.05, 3.63) is 0 Å². The first-order valence-corrected chi connectivity index (χ1v) is 2.14. The molecule has 0 aromatic rings. The van der Waals surface area contributed by atoms with Crippen LogP contribution in [0.2, 0.25) is 0 Å². The number of halogens is 1. The number of terminal acetylenes is 1. The Morgan fingerprint density at radius 2 is 2.29 bits per heavy atom. The Hall–Kier alpha value is -0.550. The van der Waals surface area contributed by atoms with E-state index in [1.165, 1.54) is 0 Å². The van der Waals surface area contributed by atoms with E-state index >= 15 is 0 Å². The van der Waals surface area contributed by atoms with Gasteiger partial charge in [-0.2, -0.15) is 0 Å². The van der Waals surface area contributed by atoms with Crippen molar-refractivity contribution in [3.8, 4) is 12.3 Å². The normalized spacial score (nSPS) is 25.1. The molecule has 0 aliphatic carbocycles. The summed E-state index contributed by atoms with van der Waals surface area (Å²) in [6.07, 6.45) is 4.80. The molecule has 2 heteroatoms. The Kier molecular flexibility index (Phi) is 0.795. The first-order chi connectivity index (χ1) is 3.27. The van der Waals surface area contributed by atoms with Crippen molar-refractivity contribution in [2.75, 3.05) is 13.1 Å².